The molecule has 2 fully saturated rings. The molecular weight excluding hydrogens is 144 g/mol. The van der Waals surface area contributed by atoms with Crippen molar-refractivity contribution in [3.8, 4) is 0 Å². The summed E-state index contributed by atoms with van der Waals surface area (Å²) < 4.78 is 0. The Kier molecular flexibility index (Phi) is 2.18. The van der Waals surface area contributed by atoms with Crippen LogP contribution in [0.3, 0.4) is 0 Å². The fourth-order valence-electron chi connectivity index (χ4n) is 3.20. The molecule has 0 amide bonds. The second kappa shape index (κ2) is 3.05. The smallest absolute Gasteiger partial charge is 0.0272 e. The minimum atomic E-state index is 0.797. The molecule has 2 rings (SSSR count). The standard InChI is InChI=1S/C12H22/c1-3-12(8-5-9-12)10(2)11-6-4-7-11/h10-11H,3-9H2,1-2H3. The summed E-state index contributed by atoms with van der Waals surface area (Å²) in [6.07, 6.45) is 10.6. The lowest BCUT2D eigenvalue weighted by Gasteiger charge is -2.51. The minimum Gasteiger partial charge on any atom is -0.0648 e. The van der Waals surface area contributed by atoms with E-state index in [-0.39, 0.29) is 0 Å². The molecule has 12 heavy (non-hydrogen) atoms. The van der Waals surface area contributed by atoms with Crippen LogP contribution in [0.4, 0.5) is 0 Å². The van der Waals surface area contributed by atoms with Gasteiger partial charge in [-0.1, -0.05) is 46.0 Å². The van der Waals surface area contributed by atoms with Crippen molar-refractivity contribution in [2.75, 3.05) is 0 Å². The Labute approximate surface area is 76.7 Å². The molecule has 70 valence electrons. The molecule has 0 N–H and O–H groups in total. The average molecular weight is 166 g/mol. The number of hydrogen-bond donors (Lipinski definition) is 0. The minimum absolute atomic E-state index is 0.797. The first-order valence-corrected chi connectivity index (χ1v) is 5.78. The topological polar surface area (TPSA) is 0 Å². The first-order chi connectivity index (χ1) is 5.78. The summed E-state index contributed by atoms with van der Waals surface area (Å²) in [6.45, 7) is 4.92. The van der Waals surface area contributed by atoms with Crippen LogP contribution < -0.4 is 0 Å². The van der Waals surface area contributed by atoms with Gasteiger partial charge in [-0.05, 0) is 30.1 Å². The zero-order valence-corrected chi connectivity index (χ0v) is 8.60. The molecule has 0 spiro atoms. The molecule has 2 aliphatic rings. The summed E-state index contributed by atoms with van der Waals surface area (Å²) in [5, 5.41) is 0. The summed E-state index contributed by atoms with van der Waals surface area (Å²) in [6, 6.07) is 0. The third-order valence-electron chi connectivity index (χ3n) is 4.88. The van der Waals surface area contributed by atoms with Gasteiger partial charge in [-0.3, -0.25) is 0 Å². The lowest BCUT2D eigenvalue weighted by atomic mass is 9.54. The lowest BCUT2D eigenvalue weighted by Crippen LogP contribution is -2.41. The Hall–Kier alpha value is 0. The van der Waals surface area contributed by atoms with Gasteiger partial charge >= 0.3 is 0 Å². The van der Waals surface area contributed by atoms with Crippen molar-refractivity contribution in [3.05, 3.63) is 0 Å². The highest BCUT2D eigenvalue weighted by Gasteiger charge is 2.44. The largest absolute Gasteiger partial charge is 0.0648 e. The highest BCUT2D eigenvalue weighted by molar-refractivity contribution is 4.94. The Morgan fingerprint density at radius 3 is 2.17 bits per heavy atom. The summed E-state index contributed by atoms with van der Waals surface area (Å²) >= 11 is 0. The van der Waals surface area contributed by atoms with Gasteiger partial charge in [-0.25, -0.2) is 0 Å². The van der Waals surface area contributed by atoms with Gasteiger partial charge in [0.1, 0.15) is 0 Å². The van der Waals surface area contributed by atoms with Crippen LogP contribution in [0.2, 0.25) is 0 Å². The van der Waals surface area contributed by atoms with Crippen molar-refractivity contribution >= 4 is 0 Å². The van der Waals surface area contributed by atoms with Gasteiger partial charge in [0.25, 0.3) is 0 Å². The summed E-state index contributed by atoms with van der Waals surface area (Å²) in [5.41, 5.74) is 0.797. The van der Waals surface area contributed by atoms with E-state index in [1.807, 2.05) is 0 Å². The van der Waals surface area contributed by atoms with Crippen LogP contribution in [0.5, 0.6) is 0 Å². The van der Waals surface area contributed by atoms with Crippen LogP contribution in [-0.4, -0.2) is 0 Å². The molecule has 0 aromatic heterocycles. The molecule has 0 aromatic carbocycles. The van der Waals surface area contributed by atoms with Gasteiger partial charge in [0.15, 0.2) is 0 Å². The van der Waals surface area contributed by atoms with Crippen LogP contribution in [0.15, 0.2) is 0 Å². The third-order valence-corrected chi connectivity index (χ3v) is 4.88. The summed E-state index contributed by atoms with van der Waals surface area (Å²) in [4.78, 5) is 0. The van der Waals surface area contributed by atoms with Gasteiger partial charge in [-0.2, -0.15) is 0 Å². The first kappa shape index (κ1) is 8.59. The van der Waals surface area contributed by atoms with E-state index in [0.717, 1.165) is 17.3 Å². The van der Waals surface area contributed by atoms with Crippen LogP contribution in [0, 0.1) is 17.3 Å². The maximum atomic E-state index is 2.52. The van der Waals surface area contributed by atoms with Crippen molar-refractivity contribution in [3.63, 3.8) is 0 Å². The van der Waals surface area contributed by atoms with Crippen LogP contribution in [0.1, 0.15) is 58.8 Å². The molecule has 0 heterocycles. The van der Waals surface area contributed by atoms with E-state index < -0.39 is 0 Å². The number of hydrogen-bond acceptors (Lipinski definition) is 0. The van der Waals surface area contributed by atoms with E-state index >= 15 is 0 Å². The van der Waals surface area contributed by atoms with Gasteiger partial charge in [-0.15, -0.1) is 0 Å². The third kappa shape index (κ3) is 1.11. The average Bonchev–Trinajstić information content (AvgIpc) is 1.81. The highest BCUT2D eigenvalue weighted by Crippen LogP contribution is 2.55. The van der Waals surface area contributed by atoms with E-state index in [0.29, 0.717) is 0 Å². The Balaban J connectivity index is 1.95. The molecule has 0 aliphatic heterocycles. The predicted octanol–water partition coefficient (Wildman–Crippen LogP) is 4.00. The maximum absolute atomic E-state index is 2.52. The van der Waals surface area contributed by atoms with Gasteiger partial charge < -0.3 is 0 Å². The molecule has 0 heteroatoms. The van der Waals surface area contributed by atoms with Crippen molar-refractivity contribution in [2.45, 2.75) is 58.8 Å². The molecule has 0 aromatic rings. The maximum Gasteiger partial charge on any atom is -0.0272 e. The van der Waals surface area contributed by atoms with Crippen LogP contribution in [-0.2, 0) is 0 Å². The molecular formula is C12H22. The quantitative estimate of drug-likeness (QED) is 0.594. The molecule has 1 atom stereocenters. The Bertz CT molecular complexity index is 146. The van der Waals surface area contributed by atoms with Crippen LogP contribution >= 0.6 is 0 Å². The first-order valence-electron chi connectivity index (χ1n) is 5.78. The normalized spacial score (nSPS) is 30.5. The predicted molar refractivity (Wildman–Crippen MR) is 53.1 cm³/mol. The summed E-state index contributed by atoms with van der Waals surface area (Å²) in [7, 11) is 0. The van der Waals surface area contributed by atoms with Crippen molar-refractivity contribution in [1.82, 2.24) is 0 Å². The zero-order valence-electron chi connectivity index (χ0n) is 8.60. The zero-order chi connectivity index (χ0) is 8.60. The van der Waals surface area contributed by atoms with E-state index in [1.165, 1.54) is 44.9 Å². The van der Waals surface area contributed by atoms with E-state index in [9.17, 15) is 0 Å². The fraction of sp³-hybridized carbons (Fsp3) is 1.00. The summed E-state index contributed by atoms with van der Waals surface area (Å²) in [5.74, 6) is 2.13. The molecule has 1 unspecified atom stereocenters. The molecule has 0 radical (unpaired) electrons. The van der Waals surface area contributed by atoms with Gasteiger partial charge in [0.05, 0.1) is 0 Å². The monoisotopic (exact) mass is 166 g/mol. The fourth-order valence-corrected chi connectivity index (χ4v) is 3.20. The highest BCUT2D eigenvalue weighted by atomic mass is 14.5. The van der Waals surface area contributed by atoms with E-state index in [1.54, 1.807) is 0 Å². The van der Waals surface area contributed by atoms with E-state index in [2.05, 4.69) is 13.8 Å². The van der Waals surface area contributed by atoms with Crippen LogP contribution in [0.25, 0.3) is 0 Å². The Morgan fingerprint density at radius 1 is 1.25 bits per heavy atom. The second-order valence-electron chi connectivity index (χ2n) is 5.05. The van der Waals surface area contributed by atoms with E-state index in [4.69, 9.17) is 0 Å². The lowest BCUT2D eigenvalue weighted by molar-refractivity contribution is -0.00477. The molecule has 0 saturated heterocycles. The van der Waals surface area contributed by atoms with Gasteiger partial charge in [0, 0.05) is 0 Å². The van der Waals surface area contributed by atoms with Crippen molar-refractivity contribution < 1.29 is 0 Å². The number of rotatable bonds is 3. The van der Waals surface area contributed by atoms with Crippen molar-refractivity contribution in [2.24, 2.45) is 17.3 Å². The van der Waals surface area contributed by atoms with Gasteiger partial charge in [0.2, 0.25) is 0 Å². The molecule has 2 aliphatic carbocycles. The SMILES string of the molecule is CCC1(C(C)C2CCC2)CCC1. The molecule has 2 saturated carbocycles. The molecule has 0 bridgehead atoms. The Morgan fingerprint density at radius 2 is 1.92 bits per heavy atom. The second-order valence-corrected chi connectivity index (χ2v) is 5.05. The van der Waals surface area contributed by atoms with Crippen molar-refractivity contribution in [1.29, 1.82) is 0 Å². The molecule has 0 nitrogen and oxygen atoms in total.